The van der Waals surface area contributed by atoms with Crippen molar-refractivity contribution in [2.24, 2.45) is 0 Å². The molecule has 0 heterocycles. The summed E-state index contributed by atoms with van der Waals surface area (Å²) in [5.41, 5.74) is 1.01. The third-order valence-corrected chi connectivity index (χ3v) is 2.39. The number of esters is 1. The fourth-order valence-electron chi connectivity index (χ4n) is 1.61. The molecule has 1 amide bonds. The molecule has 0 bridgehead atoms. The molecule has 0 spiro atoms. The van der Waals surface area contributed by atoms with Crippen molar-refractivity contribution in [1.82, 2.24) is 0 Å². The molecule has 0 radical (unpaired) electrons. The van der Waals surface area contributed by atoms with Crippen molar-refractivity contribution >= 4 is 23.3 Å². The van der Waals surface area contributed by atoms with E-state index in [1.165, 1.54) is 26.2 Å². The number of amides is 1. The monoisotopic (exact) mass is 281 g/mol. The highest BCUT2D eigenvalue weighted by Gasteiger charge is 2.22. The van der Waals surface area contributed by atoms with Crippen molar-refractivity contribution in [3.63, 3.8) is 0 Å². The minimum absolute atomic E-state index is 0.0404. The molecule has 0 atom stereocenters. The van der Waals surface area contributed by atoms with Gasteiger partial charge in [-0.05, 0) is 18.6 Å². The molecule has 1 N–H and O–H groups in total. The molecule has 0 aliphatic carbocycles. The highest BCUT2D eigenvalue weighted by atomic mass is 16.8. The summed E-state index contributed by atoms with van der Waals surface area (Å²) in [6.07, 6.45) is 0.0404. The summed E-state index contributed by atoms with van der Waals surface area (Å²) in [5, 5.41) is 2.52. The van der Waals surface area contributed by atoms with E-state index in [1.807, 2.05) is 0 Å². The van der Waals surface area contributed by atoms with Gasteiger partial charge in [0.25, 0.3) is 4.92 Å². The summed E-state index contributed by atoms with van der Waals surface area (Å²) < 4.78 is 4.84. The van der Waals surface area contributed by atoms with Crippen molar-refractivity contribution < 1.29 is 24.1 Å². The average Bonchev–Trinajstić information content (AvgIpc) is 2.39. The van der Waals surface area contributed by atoms with Gasteiger partial charge in [0, 0.05) is 13.0 Å². The van der Waals surface area contributed by atoms with E-state index >= 15 is 0 Å². The molecule has 108 valence electrons. The zero-order valence-corrected chi connectivity index (χ0v) is 11.6. The lowest BCUT2D eigenvalue weighted by atomic mass is 10.1. The van der Waals surface area contributed by atoms with Crippen LogP contribution in [0.2, 0.25) is 0 Å². The van der Waals surface area contributed by atoms with Crippen LogP contribution in [0.3, 0.4) is 0 Å². The van der Waals surface area contributed by atoms with E-state index in [1.54, 1.807) is 13.0 Å². The van der Waals surface area contributed by atoms with Crippen LogP contribution in [0.4, 0.5) is 11.4 Å². The van der Waals surface area contributed by atoms with Crippen molar-refractivity contribution in [1.29, 1.82) is 0 Å². The van der Waals surface area contributed by atoms with Crippen LogP contribution < -0.4 is 5.32 Å². The summed E-state index contributed by atoms with van der Waals surface area (Å²) in [6, 6.07) is 4.64. The number of carbonyl (C=O) groups excluding carboxylic acids is 2. The Kier molecular flexibility index (Phi) is 5.64. The Balaban J connectivity index is 3.04. The Morgan fingerprint density at radius 1 is 1.35 bits per heavy atom. The maximum Gasteiger partial charge on any atom is 0.340 e. The molecule has 1 aromatic rings. The van der Waals surface area contributed by atoms with Gasteiger partial charge in [-0.15, -0.1) is 0 Å². The van der Waals surface area contributed by atoms with E-state index in [0.29, 0.717) is 17.9 Å². The number of benzene rings is 1. The second kappa shape index (κ2) is 7.22. The molecular weight excluding hydrogens is 264 g/mol. The van der Waals surface area contributed by atoms with Gasteiger partial charge in [-0.25, -0.2) is 4.84 Å². The van der Waals surface area contributed by atoms with Crippen LogP contribution in [0.5, 0.6) is 0 Å². The fraction of sp³-hybridized carbons (Fsp3) is 0.385. The minimum atomic E-state index is -0.388. The van der Waals surface area contributed by atoms with E-state index in [2.05, 4.69) is 10.2 Å². The number of rotatable bonds is 6. The summed E-state index contributed by atoms with van der Waals surface area (Å²) in [5.74, 6) is -0.700. The van der Waals surface area contributed by atoms with Crippen molar-refractivity contribution in [2.45, 2.75) is 20.3 Å². The lowest BCUT2D eigenvalue weighted by molar-refractivity contribution is -0.736. The Bertz CT molecular complexity index is 527. The lowest BCUT2D eigenvalue weighted by Gasteiger charge is -2.05. The SMILES string of the molecule is CCOC(=O)Cc1ccc(NC(C)=O)c([N+](=O)OC)c1. The van der Waals surface area contributed by atoms with Gasteiger partial charge in [-0.3, -0.25) is 9.59 Å². The third-order valence-electron chi connectivity index (χ3n) is 2.39. The molecule has 0 aliphatic heterocycles. The Hall–Kier alpha value is -2.44. The Labute approximate surface area is 116 Å². The summed E-state index contributed by atoms with van der Waals surface area (Å²) in [4.78, 5) is 38.9. The van der Waals surface area contributed by atoms with Gasteiger partial charge < -0.3 is 10.1 Å². The van der Waals surface area contributed by atoms with E-state index in [4.69, 9.17) is 4.74 Å². The van der Waals surface area contributed by atoms with Gasteiger partial charge >= 0.3 is 11.7 Å². The molecule has 0 aromatic heterocycles. The van der Waals surface area contributed by atoms with Crippen molar-refractivity contribution in [2.75, 3.05) is 19.0 Å². The van der Waals surface area contributed by atoms with Gasteiger partial charge in [0.05, 0.1) is 17.9 Å². The molecule has 0 unspecified atom stereocenters. The number of ether oxygens (including phenoxy) is 1. The number of anilines is 1. The van der Waals surface area contributed by atoms with Crippen LogP contribution in [0.1, 0.15) is 19.4 Å². The molecule has 7 heteroatoms. The van der Waals surface area contributed by atoms with Gasteiger partial charge in [-0.2, -0.15) is 0 Å². The Morgan fingerprint density at radius 2 is 2.05 bits per heavy atom. The van der Waals surface area contributed by atoms with Crippen LogP contribution in [0.15, 0.2) is 18.2 Å². The minimum Gasteiger partial charge on any atom is -0.466 e. The van der Waals surface area contributed by atoms with Crippen LogP contribution in [-0.4, -0.2) is 30.5 Å². The van der Waals surface area contributed by atoms with Crippen molar-refractivity contribution in [3.05, 3.63) is 28.7 Å². The van der Waals surface area contributed by atoms with E-state index in [9.17, 15) is 14.5 Å². The molecule has 7 nitrogen and oxygen atoms in total. The van der Waals surface area contributed by atoms with E-state index < -0.39 is 0 Å². The lowest BCUT2D eigenvalue weighted by Crippen LogP contribution is -2.11. The van der Waals surface area contributed by atoms with Gasteiger partial charge in [-0.1, -0.05) is 6.07 Å². The number of carbonyl (C=O) groups is 2. The first kappa shape index (κ1) is 15.6. The van der Waals surface area contributed by atoms with Gasteiger partial charge in [0.1, 0.15) is 5.69 Å². The maximum atomic E-state index is 11.6. The van der Waals surface area contributed by atoms with Gasteiger partial charge in [0.15, 0.2) is 7.11 Å². The van der Waals surface area contributed by atoms with Crippen LogP contribution in [-0.2, 0) is 25.6 Å². The zero-order chi connectivity index (χ0) is 15.1. The molecule has 1 aromatic carbocycles. The number of nitrogens with zero attached hydrogens (tertiary/aromatic N) is 1. The first-order valence-corrected chi connectivity index (χ1v) is 6.05. The summed E-state index contributed by atoms with van der Waals surface area (Å²) >= 11 is 0. The highest BCUT2D eigenvalue weighted by molar-refractivity contribution is 5.91. The van der Waals surface area contributed by atoms with Crippen LogP contribution >= 0.6 is 0 Å². The largest absolute Gasteiger partial charge is 0.466 e. The average molecular weight is 281 g/mol. The number of hydrogen-bond acceptors (Lipinski definition) is 5. The Morgan fingerprint density at radius 3 is 2.60 bits per heavy atom. The van der Waals surface area contributed by atoms with E-state index in [-0.39, 0.29) is 28.9 Å². The smallest absolute Gasteiger partial charge is 0.340 e. The maximum absolute atomic E-state index is 11.6. The third kappa shape index (κ3) is 4.34. The first-order chi connectivity index (χ1) is 9.47. The second-order valence-corrected chi connectivity index (χ2v) is 3.95. The molecule has 0 saturated heterocycles. The first-order valence-electron chi connectivity index (χ1n) is 6.05. The normalized spacial score (nSPS) is 9.75. The van der Waals surface area contributed by atoms with Crippen LogP contribution in [0.25, 0.3) is 0 Å². The predicted octanol–water partition coefficient (Wildman–Crippen LogP) is 1.72. The molecule has 0 aliphatic rings. The predicted molar refractivity (Wildman–Crippen MR) is 71.4 cm³/mol. The molecule has 0 fully saturated rings. The van der Waals surface area contributed by atoms with Gasteiger partial charge in [0.2, 0.25) is 5.91 Å². The number of hydrogen-bond donors (Lipinski definition) is 1. The topological polar surface area (TPSA) is 84.7 Å². The molecular formula is C13H17N2O5+. The zero-order valence-electron chi connectivity index (χ0n) is 11.6. The molecule has 0 saturated carbocycles. The standard InChI is InChI=1S/C13H16N2O5/c1-4-20-13(17)8-10-5-6-11(14-9(2)16)12(7-10)15(18)19-3/h5-7H,4,8H2,1-3H3/p+1. The van der Waals surface area contributed by atoms with Crippen molar-refractivity contribution in [3.8, 4) is 0 Å². The highest BCUT2D eigenvalue weighted by Crippen LogP contribution is 2.26. The summed E-state index contributed by atoms with van der Waals surface area (Å²) in [6.45, 7) is 3.34. The van der Waals surface area contributed by atoms with E-state index in [0.717, 1.165) is 0 Å². The molecule has 20 heavy (non-hydrogen) atoms. The van der Waals surface area contributed by atoms with Crippen LogP contribution in [0, 0.1) is 4.91 Å². The molecule has 1 rings (SSSR count). The quantitative estimate of drug-likeness (QED) is 0.634. The number of nitrogens with one attached hydrogen (secondary N) is 1. The fourth-order valence-corrected chi connectivity index (χ4v) is 1.61. The summed E-state index contributed by atoms with van der Waals surface area (Å²) in [7, 11) is 1.21. The second-order valence-electron chi connectivity index (χ2n) is 3.95.